The fourth-order valence-electron chi connectivity index (χ4n) is 1.62. The predicted octanol–water partition coefficient (Wildman–Crippen LogP) is 0.762. The zero-order valence-corrected chi connectivity index (χ0v) is 7.32. The van der Waals surface area contributed by atoms with Crippen LogP contribution in [-0.2, 0) is 0 Å². The molecule has 2 nitrogen and oxygen atoms in total. The molecule has 1 saturated heterocycles. The number of likely N-dealkylation sites (N-methyl/N-ethyl adjacent to an activating group) is 1. The summed E-state index contributed by atoms with van der Waals surface area (Å²) >= 11 is 0. The van der Waals surface area contributed by atoms with E-state index in [1.165, 1.54) is 31.5 Å². The summed E-state index contributed by atoms with van der Waals surface area (Å²) in [5.41, 5.74) is 1.33. The molecule has 2 heteroatoms. The van der Waals surface area contributed by atoms with E-state index in [0.717, 1.165) is 12.5 Å². The molecular formula is C9H18N2. The van der Waals surface area contributed by atoms with Crippen molar-refractivity contribution in [3.63, 3.8) is 0 Å². The second kappa shape index (κ2) is 4.52. The highest BCUT2D eigenvalue weighted by Crippen LogP contribution is 2.16. The molecule has 1 unspecified atom stereocenters. The van der Waals surface area contributed by atoms with E-state index in [1.54, 1.807) is 0 Å². The van der Waals surface area contributed by atoms with Crippen LogP contribution in [0, 0.1) is 5.92 Å². The first-order valence-corrected chi connectivity index (χ1v) is 4.35. The highest BCUT2D eigenvalue weighted by atomic mass is 14.9. The molecule has 1 aliphatic rings. The van der Waals surface area contributed by atoms with Crippen molar-refractivity contribution in [3.8, 4) is 0 Å². The largest absolute Gasteiger partial charge is 0.316 e. The van der Waals surface area contributed by atoms with Crippen molar-refractivity contribution < 1.29 is 0 Å². The third-order valence-corrected chi connectivity index (χ3v) is 2.17. The first kappa shape index (κ1) is 8.75. The van der Waals surface area contributed by atoms with Gasteiger partial charge >= 0.3 is 0 Å². The van der Waals surface area contributed by atoms with Gasteiger partial charge in [-0.15, -0.1) is 0 Å². The summed E-state index contributed by atoms with van der Waals surface area (Å²) in [6.45, 7) is 7.36. The molecule has 0 saturated carbocycles. The van der Waals surface area contributed by atoms with Crippen LogP contribution < -0.4 is 10.6 Å². The Labute approximate surface area is 69.1 Å². The first-order chi connectivity index (χ1) is 5.33. The van der Waals surface area contributed by atoms with Crippen LogP contribution in [0.5, 0.6) is 0 Å². The van der Waals surface area contributed by atoms with Crippen molar-refractivity contribution in [2.45, 2.75) is 12.8 Å². The van der Waals surface area contributed by atoms with Crippen LogP contribution in [0.4, 0.5) is 0 Å². The summed E-state index contributed by atoms with van der Waals surface area (Å²) in [6, 6.07) is 0. The molecular weight excluding hydrogens is 136 g/mol. The van der Waals surface area contributed by atoms with Crippen LogP contribution in [0.15, 0.2) is 12.2 Å². The summed E-state index contributed by atoms with van der Waals surface area (Å²) in [4.78, 5) is 0. The number of hydrogen-bond acceptors (Lipinski definition) is 2. The van der Waals surface area contributed by atoms with Crippen molar-refractivity contribution in [2.24, 2.45) is 5.92 Å². The molecule has 0 aromatic heterocycles. The van der Waals surface area contributed by atoms with Gasteiger partial charge in [-0.3, -0.25) is 0 Å². The minimum atomic E-state index is 0.843. The Balaban J connectivity index is 2.13. The van der Waals surface area contributed by atoms with Crippen LogP contribution in [0.25, 0.3) is 0 Å². The normalized spacial score (nSPS) is 23.9. The van der Waals surface area contributed by atoms with E-state index in [-0.39, 0.29) is 0 Å². The van der Waals surface area contributed by atoms with Crippen LogP contribution in [-0.4, -0.2) is 26.7 Å². The average Bonchev–Trinajstić information content (AvgIpc) is 2.40. The number of hydrogen-bond donors (Lipinski definition) is 2. The summed E-state index contributed by atoms with van der Waals surface area (Å²) in [5.74, 6) is 0.843. The zero-order chi connectivity index (χ0) is 8.10. The van der Waals surface area contributed by atoms with Gasteiger partial charge in [-0.25, -0.2) is 0 Å². The molecule has 64 valence electrons. The van der Waals surface area contributed by atoms with E-state index in [0.29, 0.717) is 0 Å². The third kappa shape index (κ3) is 3.04. The molecule has 0 bridgehead atoms. The molecule has 1 rings (SSSR count). The lowest BCUT2D eigenvalue weighted by Gasteiger charge is -2.09. The Kier molecular flexibility index (Phi) is 3.60. The smallest absolute Gasteiger partial charge is 0.0159 e. The van der Waals surface area contributed by atoms with E-state index >= 15 is 0 Å². The van der Waals surface area contributed by atoms with Gasteiger partial charge in [0.1, 0.15) is 0 Å². The van der Waals surface area contributed by atoms with Crippen LogP contribution >= 0.6 is 0 Å². The lowest BCUT2D eigenvalue weighted by molar-refractivity contribution is 0.567. The van der Waals surface area contributed by atoms with Crippen LogP contribution in [0.2, 0.25) is 0 Å². The van der Waals surface area contributed by atoms with E-state index in [1.807, 2.05) is 7.05 Å². The van der Waals surface area contributed by atoms with Crippen molar-refractivity contribution in [2.75, 3.05) is 26.7 Å². The van der Waals surface area contributed by atoms with Gasteiger partial charge in [-0.2, -0.15) is 0 Å². The molecule has 0 radical (unpaired) electrons. The topological polar surface area (TPSA) is 24.1 Å². The maximum absolute atomic E-state index is 4.02. The highest BCUT2D eigenvalue weighted by Gasteiger charge is 2.14. The summed E-state index contributed by atoms with van der Waals surface area (Å²) < 4.78 is 0. The molecule has 1 atom stereocenters. The van der Waals surface area contributed by atoms with Crippen LogP contribution in [0.3, 0.4) is 0 Å². The zero-order valence-electron chi connectivity index (χ0n) is 7.32. The fourth-order valence-corrected chi connectivity index (χ4v) is 1.62. The third-order valence-electron chi connectivity index (χ3n) is 2.17. The second-order valence-corrected chi connectivity index (χ2v) is 3.34. The molecule has 0 spiro atoms. The van der Waals surface area contributed by atoms with Gasteiger partial charge in [-0.1, -0.05) is 12.2 Å². The fraction of sp³-hybridized carbons (Fsp3) is 0.778. The van der Waals surface area contributed by atoms with E-state index in [9.17, 15) is 0 Å². The molecule has 0 aromatic carbocycles. The highest BCUT2D eigenvalue weighted by molar-refractivity contribution is 4.99. The number of rotatable bonds is 4. The lowest BCUT2D eigenvalue weighted by atomic mass is 10.00. The Morgan fingerprint density at radius 1 is 1.73 bits per heavy atom. The van der Waals surface area contributed by atoms with Gasteiger partial charge in [0.2, 0.25) is 0 Å². The molecule has 0 aliphatic carbocycles. The van der Waals surface area contributed by atoms with E-state index in [4.69, 9.17) is 0 Å². The van der Waals surface area contributed by atoms with E-state index in [2.05, 4.69) is 17.2 Å². The van der Waals surface area contributed by atoms with E-state index < -0.39 is 0 Å². The van der Waals surface area contributed by atoms with Crippen molar-refractivity contribution >= 4 is 0 Å². The van der Waals surface area contributed by atoms with Gasteiger partial charge in [0.25, 0.3) is 0 Å². The van der Waals surface area contributed by atoms with Crippen molar-refractivity contribution in [1.82, 2.24) is 10.6 Å². The monoisotopic (exact) mass is 154 g/mol. The molecule has 0 amide bonds. The molecule has 1 aliphatic heterocycles. The minimum absolute atomic E-state index is 0.843. The predicted molar refractivity (Wildman–Crippen MR) is 48.7 cm³/mol. The minimum Gasteiger partial charge on any atom is -0.316 e. The van der Waals surface area contributed by atoms with Gasteiger partial charge < -0.3 is 10.6 Å². The molecule has 1 fully saturated rings. The second-order valence-electron chi connectivity index (χ2n) is 3.34. The summed E-state index contributed by atoms with van der Waals surface area (Å²) in [5, 5.41) is 6.48. The Morgan fingerprint density at radius 2 is 2.55 bits per heavy atom. The quantitative estimate of drug-likeness (QED) is 0.584. The molecule has 0 aromatic rings. The molecule has 11 heavy (non-hydrogen) atoms. The maximum atomic E-state index is 4.02. The Hall–Kier alpha value is -0.340. The number of nitrogens with one attached hydrogen (secondary N) is 2. The molecule has 2 N–H and O–H groups in total. The molecule has 1 heterocycles. The lowest BCUT2D eigenvalue weighted by Crippen LogP contribution is -2.14. The SMILES string of the molecule is C=C(CNC)CC1CCNC1. The van der Waals surface area contributed by atoms with Gasteiger partial charge in [0.15, 0.2) is 0 Å². The van der Waals surface area contributed by atoms with Gasteiger partial charge in [0, 0.05) is 6.54 Å². The average molecular weight is 154 g/mol. The first-order valence-electron chi connectivity index (χ1n) is 4.35. The van der Waals surface area contributed by atoms with Crippen LogP contribution in [0.1, 0.15) is 12.8 Å². The maximum Gasteiger partial charge on any atom is 0.0159 e. The summed E-state index contributed by atoms with van der Waals surface area (Å²) in [7, 11) is 1.97. The summed E-state index contributed by atoms with van der Waals surface area (Å²) in [6.07, 6.45) is 2.51. The standard InChI is InChI=1S/C9H18N2/c1-8(6-10-2)5-9-3-4-11-7-9/h9-11H,1,3-7H2,2H3. The van der Waals surface area contributed by atoms with Crippen molar-refractivity contribution in [3.05, 3.63) is 12.2 Å². The Morgan fingerprint density at radius 3 is 3.09 bits per heavy atom. The van der Waals surface area contributed by atoms with Gasteiger partial charge in [0.05, 0.1) is 0 Å². The van der Waals surface area contributed by atoms with Crippen molar-refractivity contribution in [1.29, 1.82) is 0 Å². The Bertz CT molecular complexity index is 126. The van der Waals surface area contributed by atoms with Gasteiger partial charge in [-0.05, 0) is 38.9 Å².